The standard InChI is InChI=1S/C15H14F3N3O3S/c16-15(17,18)12-7-11(25(20,23)24)4-5-13(12)21-8-9-2-1-3-10(6-9)14(19)22/h1-7,21H,8H2,(H2,19,22)(H2,20,23,24). The number of primary sulfonamides is 1. The lowest BCUT2D eigenvalue weighted by Crippen LogP contribution is -2.16. The normalized spacial score (nSPS) is 12.0. The van der Waals surface area contributed by atoms with Gasteiger partial charge < -0.3 is 11.1 Å². The molecule has 0 aromatic heterocycles. The van der Waals surface area contributed by atoms with Gasteiger partial charge in [0.25, 0.3) is 0 Å². The van der Waals surface area contributed by atoms with E-state index in [2.05, 4.69) is 5.32 Å². The zero-order chi connectivity index (χ0) is 18.8. The third-order valence-corrected chi connectivity index (χ3v) is 4.23. The van der Waals surface area contributed by atoms with Gasteiger partial charge in [-0.25, -0.2) is 13.6 Å². The number of alkyl halides is 3. The van der Waals surface area contributed by atoms with Crippen molar-refractivity contribution in [2.45, 2.75) is 17.6 Å². The Morgan fingerprint density at radius 3 is 2.36 bits per heavy atom. The van der Waals surface area contributed by atoms with E-state index in [0.29, 0.717) is 11.6 Å². The van der Waals surface area contributed by atoms with E-state index in [1.54, 1.807) is 12.1 Å². The number of sulfonamides is 1. The van der Waals surface area contributed by atoms with Crippen molar-refractivity contribution in [2.75, 3.05) is 5.32 Å². The summed E-state index contributed by atoms with van der Waals surface area (Å²) in [5.74, 6) is -0.657. The molecule has 2 aromatic carbocycles. The second-order valence-corrected chi connectivity index (χ2v) is 6.73. The largest absolute Gasteiger partial charge is 0.418 e. The lowest BCUT2D eigenvalue weighted by atomic mass is 10.1. The smallest absolute Gasteiger partial charge is 0.380 e. The third-order valence-electron chi connectivity index (χ3n) is 3.32. The van der Waals surface area contributed by atoms with Crippen molar-refractivity contribution in [3.8, 4) is 0 Å². The molecule has 2 rings (SSSR count). The van der Waals surface area contributed by atoms with Gasteiger partial charge in [0.2, 0.25) is 15.9 Å². The summed E-state index contributed by atoms with van der Waals surface area (Å²) >= 11 is 0. The first-order valence-electron chi connectivity index (χ1n) is 6.85. The molecule has 25 heavy (non-hydrogen) atoms. The van der Waals surface area contributed by atoms with Crippen molar-refractivity contribution >= 4 is 21.6 Å². The molecule has 0 bridgehead atoms. The van der Waals surface area contributed by atoms with Gasteiger partial charge in [-0.15, -0.1) is 0 Å². The molecule has 0 saturated carbocycles. The van der Waals surface area contributed by atoms with Crippen LogP contribution in [0.2, 0.25) is 0 Å². The second kappa shape index (κ2) is 6.73. The Kier molecular flexibility index (Phi) is 5.04. The first-order valence-corrected chi connectivity index (χ1v) is 8.40. The molecule has 0 spiro atoms. The van der Waals surface area contributed by atoms with E-state index < -0.39 is 32.6 Å². The molecule has 0 saturated heterocycles. The molecule has 6 nitrogen and oxygen atoms in total. The van der Waals surface area contributed by atoms with Gasteiger partial charge in [0.05, 0.1) is 10.5 Å². The molecule has 0 radical (unpaired) electrons. The van der Waals surface area contributed by atoms with Crippen molar-refractivity contribution in [3.05, 3.63) is 59.2 Å². The van der Waals surface area contributed by atoms with E-state index in [1.807, 2.05) is 0 Å². The monoisotopic (exact) mass is 373 g/mol. The highest BCUT2D eigenvalue weighted by Gasteiger charge is 2.34. The molecule has 1 amide bonds. The number of carbonyl (C=O) groups excluding carboxylic acids is 1. The molecule has 0 fully saturated rings. The van der Waals surface area contributed by atoms with E-state index in [-0.39, 0.29) is 17.8 Å². The van der Waals surface area contributed by atoms with Crippen LogP contribution in [-0.4, -0.2) is 14.3 Å². The zero-order valence-electron chi connectivity index (χ0n) is 12.7. The average molecular weight is 373 g/mol. The molecule has 5 N–H and O–H groups in total. The summed E-state index contributed by atoms with van der Waals surface area (Å²) in [5.41, 5.74) is 4.42. The average Bonchev–Trinajstić information content (AvgIpc) is 2.51. The molecule has 0 heterocycles. The van der Waals surface area contributed by atoms with Crippen molar-refractivity contribution in [1.82, 2.24) is 0 Å². The summed E-state index contributed by atoms with van der Waals surface area (Å²) in [5, 5.41) is 7.44. The number of primary amides is 1. The molecule has 0 unspecified atom stereocenters. The topological polar surface area (TPSA) is 115 Å². The highest BCUT2D eigenvalue weighted by molar-refractivity contribution is 7.89. The number of rotatable bonds is 5. The summed E-state index contributed by atoms with van der Waals surface area (Å²) in [7, 11) is -4.26. The highest BCUT2D eigenvalue weighted by Crippen LogP contribution is 2.36. The third kappa shape index (κ3) is 4.70. The Balaban J connectivity index is 2.33. The molecule has 0 atom stereocenters. The van der Waals surface area contributed by atoms with Gasteiger partial charge in [-0.05, 0) is 35.9 Å². The molecular formula is C15H14F3N3O3S. The number of nitrogens with two attached hydrogens (primary N) is 2. The molecule has 0 aliphatic carbocycles. The number of hydrogen-bond acceptors (Lipinski definition) is 4. The van der Waals surface area contributed by atoms with Crippen LogP contribution in [0.5, 0.6) is 0 Å². The van der Waals surface area contributed by atoms with Gasteiger partial charge in [0.1, 0.15) is 0 Å². The maximum Gasteiger partial charge on any atom is 0.418 e. The number of halogens is 3. The lowest BCUT2D eigenvalue weighted by molar-refractivity contribution is -0.137. The predicted molar refractivity (Wildman–Crippen MR) is 85.1 cm³/mol. The van der Waals surface area contributed by atoms with Gasteiger partial charge >= 0.3 is 6.18 Å². The minimum atomic E-state index is -4.78. The van der Waals surface area contributed by atoms with E-state index in [0.717, 1.165) is 12.1 Å². The number of amides is 1. The van der Waals surface area contributed by atoms with Crippen molar-refractivity contribution in [2.24, 2.45) is 10.9 Å². The predicted octanol–water partition coefficient (Wildman–Crippen LogP) is 2.06. The Hall–Kier alpha value is -2.59. The maximum absolute atomic E-state index is 13.2. The van der Waals surface area contributed by atoms with Crippen LogP contribution in [0.15, 0.2) is 47.4 Å². The summed E-state index contributed by atoms with van der Waals surface area (Å²) in [4.78, 5) is 10.5. The quantitative estimate of drug-likeness (QED) is 0.744. The number of carbonyl (C=O) groups is 1. The van der Waals surface area contributed by atoms with Crippen LogP contribution in [0.1, 0.15) is 21.5 Å². The molecule has 0 aliphatic rings. The van der Waals surface area contributed by atoms with E-state index >= 15 is 0 Å². The highest BCUT2D eigenvalue weighted by atomic mass is 32.2. The fourth-order valence-electron chi connectivity index (χ4n) is 2.12. The summed E-state index contributed by atoms with van der Waals surface area (Å²) in [6.45, 7) is -0.0288. The number of benzene rings is 2. The van der Waals surface area contributed by atoms with Crippen LogP contribution in [0, 0.1) is 0 Å². The van der Waals surface area contributed by atoms with Gasteiger partial charge in [-0.3, -0.25) is 4.79 Å². The SMILES string of the molecule is NC(=O)c1cccc(CNc2ccc(S(N)(=O)=O)cc2C(F)(F)F)c1. The van der Waals surface area contributed by atoms with Crippen molar-refractivity contribution < 1.29 is 26.4 Å². The van der Waals surface area contributed by atoms with Crippen LogP contribution in [-0.2, 0) is 22.7 Å². The Morgan fingerprint density at radius 1 is 1.12 bits per heavy atom. The Bertz CT molecular complexity index is 912. The van der Waals surface area contributed by atoms with Crippen molar-refractivity contribution in [3.63, 3.8) is 0 Å². The van der Waals surface area contributed by atoms with Crippen LogP contribution in [0.25, 0.3) is 0 Å². The molecule has 2 aromatic rings. The number of nitrogens with one attached hydrogen (secondary N) is 1. The Morgan fingerprint density at radius 2 is 1.80 bits per heavy atom. The molecule has 0 aliphatic heterocycles. The van der Waals surface area contributed by atoms with Gasteiger partial charge in [0, 0.05) is 17.8 Å². The van der Waals surface area contributed by atoms with E-state index in [4.69, 9.17) is 10.9 Å². The fourth-order valence-corrected chi connectivity index (χ4v) is 2.66. The summed E-state index contributed by atoms with van der Waals surface area (Å²) in [6.07, 6.45) is -4.78. The van der Waals surface area contributed by atoms with Crippen molar-refractivity contribution in [1.29, 1.82) is 0 Å². The van der Waals surface area contributed by atoms with Gasteiger partial charge in [-0.1, -0.05) is 12.1 Å². The summed E-state index contributed by atoms with van der Waals surface area (Å²) in [6, 6.07) is 8.51. The molecular weight excluding hydrogens is 359 g/mol. The van der Waals surface area contributed by atoms with E-state index in [9.17, 15) is 26.4 Å². The summed E-state index contributed by atoms with van der Waals surface area (Å²) < 4.78 is 62.0. The Labute approximate surface area is 141 Å². The first kappa shape index (κ1) is 18.7. The van der Waals surface area contributed by atoms with Crippen LogP contribution >= 0.6 is 0 Å². The maximum atomic E-state index is 13.2. The van der Waals surface area contributed by atoms with Gasteiger partial charge in [0.15, 0.2) is 0 Å². The lowest BCUT2D eigenvalue weighted by Gasteiger charge is -2.16. The number of anilines is 1. The zero-order valence-corrected chi connectivity index (χ0v) is 13.5. The van der Waals surface area contributed by atoms with Crippen LogP contribution in [0.4, 0.5) is 18.9 Å². The van der Waals surface area contributed by atoms with E-state index in [1.165, 1.54) is 12.1 Å². The molecule has 10 heteroatoms. The second-order valence-electron chi connectivity index (χ2n) is 5.17. The minimum absolute atomic E-state index is 0.0288. The number of hydrogen-bond donors (Lipinski definition) is 3. The first-order chi connectivity index (χ1) is 11.5. The van der Waals surface area contributed by atoms with Crippen LogP contribution < -0.4 is 16.2 Å². The fraction of sp³-hybridized carbons (Fsp3) is 0.133. The van der Waals surface area contributed by atoms with Gasteiger partial charge in [-0.2, -0.15) is 13.2 Å². The minimum Gasteiger partial charge on any atom is -0.380 e. The van der Waals surface area contributed by atoms with Crippen LogP contribution in [0.3, 0.4) is 0 Å². The molecule has 134 valence electrons.